The molecular formula is C22H24N4O3. The number of fused-ring (bicyclic) bond motifs is 1. The maximum absolute atomic E-state index is 5.43. The van der Waals surface area contributed by atoms with Gasteiger partial charge in [-0.15, -0.1) is 0 Å². The van der Waals surface area contributed by atoms with Crippen LogP contribution in [-0.2, 0) is 13.0 Å². The van der Waals surface area contributed by atoms with Gasteiger partial charge in [0.1, 0.15) is 11.6 Å². The van der Waals surface area contributed by atoms with Crippen molar-refractivity contribution >= 4 is 11.8 Å². The molecule has 7 nitrogen and oxygen atoms in total. The van der Waals surface area contributed by atoms with Crippen molar-refractivity contribution in [1.82, 2.24) is 9.97 Å². The topological polar surface area (TPSA) is 77.5 Å². The van der Waals surface area contributed by atoms with Gasteiger partial charge in [0.05, 0.1) is 7.11 Å². The molecule has 3 aromatic rings. The normalized spacial score (nSPS) is 11.9. The number of anilines is 2. The average Bonchev–Trinajstić information content (AvgIpc) is 3.20. The maximum atomic E-state index is 5.43. The smallest absolute Gasteiger partial charge is 0.231 e. The Labute approximate surface area is 170 Å². The molecular weight excluding hydrogens is 368 g/mol. The third-order valence-electron chi connectivity index (χ3n) is 4.63. The minimum atomic E-state index is 0.275. The molecule has 1 aromatic heterocycles. The molecule has 150 valence electrons. The van der Waals surface area contributed by atoms with Crippen molar-refractivity contribution in [2.24, 2.45) is 0 Å². The number of ether oxygens (including phenoxy) is 3. The first-order valence-corrected chi connectivity index (χ1v) is 9.55. The molecule has 0 atom stereocenters. The van der Waals surface area contributed by atoms with Crippen LogP contribution in [0.15, 0.2) is 48.5 Å². The zero-order valence-corrected chi connectivity index (χ0v) is 16.6. The van der Waals surface area contributed by atoms with Crippen LogP contribution in [0, 0.1) is 6.92 Å². The zero-order chi connectivity index (χ0) is 20.1. The SMILES string of the molecule is COc1ccccc1CCNc1cc(C)nc(NCc2ccc3c(c2)OCO3)n1. The monoisotopic (exact) mass is 392 g/mol. The quantitative estimate of drug-likeness (QED) is 0.604. The van der Waals surface area contributed by atoms with E-state index >= 15 is 0 Å². The van der Waals surface area contributed by atoms with Gasteiger partial charge in [-0.1, -0.05) is 24.3 Å². The molecule has 0 fully saturated rings. The molecule has 2 aromatic carbocycles. The fourth-order valence-corrected chi connectivity index (χ4v) is 3.20. The van der Waals surface area contributed by atoms with E-state index < -0.39 is 0 Å². The highest BCUT2D eigenvalue weighted by atomic mass is 16.7. The lowest BCUT2D eigenvalue weighted by atomic mass is 10.1. The van der Waals surface area contributed by atoms with Crippen LogP contribution < -0.4 is 24.8 Å². The second-order valence-electron chi connectivity index (χ2n) is 6.75. The van der Waals surface area contributed by atoms with Crippen LogP contribution in [0.25, 0.3) is 0 Å². The molecule has 1 aliphatic rings. The Morgan fingerprint density at radius 1 is 1.00 bits per heavy atom. The molecule has 4 rings (SSSR count). The van der Waals surface area contributed by atoms with Crippen molar-refractivity contribution in [2.75, 3.05) is 31.1 Å². The van der Waals surface area contributed by atoms with E-state index in [4.69, 9.17) is 14.2 Å². The minimum absolute atomic E-state index is 0.275. The fraction of sp³-hybridized carbons (Fsp3) is 0.273. The molecule has 0 bridgehead atoms. The van der Waals surface area contributed by atoms with Gasteiger partial charge >= 0.3 is 0 Å². The fourth-order valence-electron chi connectivity index (χ4n) is 3.20. The van der Waals surface area contributed by atoms with Gasteiger partial charge in [-0.2, -0.15) is 4.98 Å². The molecule has 29 heavy (non-hydrogen) atoms. The Bertz CT molecular complexity index is 994. The summed E-state index contributed by atoms with van der Waals surface area (Å²) in [7, 11) is 1.69. The molecule has 2 heterocycles. The van der Waals surface area contributed by atoms with Crippen LogP contribution in [0.4, 0.5) is 11.8 Å². The third-order valence-corrected chi connectivity index (χ3v) is 4.63. The zero-order valence-electron chi connectivity index (χ0n) is 16.6. The Kier molecular flexibility index (Phi) is 5.65. The summed E-state index contributed by atoms with van der Waals surface area (Å²) in [5.74, 6) is 3.83. The lowest BCUT2D eigenvalue weighted by molar-refractivity contribution is 0.174. The Morgan fingerprint density at radius 2 is 1.86 bits per heavy atom. The molecule has 1 aliphatic heterocycles. The molecule has 0 saturated carbocycles. The van der Waals surface area contributed by atoms with Crippen molar-refractivity contribution in [3.63, 3.8) is 0 Å². The molecule has 2 N–H and O–H groups in total. The minimum Gasteiger partial charge on any atom is -0.496 e. The first kappa shape index (κ1) is 18.9. The van der Waals surface area contributed by atoms with Gasteiger partial charge in [0.25, 0.3) is 0 Å². The van der Waals surface area contributed by atoms with Crippen LogP contribution >= 0.6 is 0 Å². The van der Waals surface area contributed by atoms with Crippen molar-refractivity contribution in [1.29, 1.82) is 0 Å². The summed E-state index contributed by atoms with van der Waals surface area (Å²) in [6.07, 6.45) is 0.840. The summed E-state index contributed by atoms with van der Waals surface area (Å²) in [5.41, 5.74) is 3.13. The number of aromatic nitrogens is 2. The van der Waals surface area contributed by atoms with Crippen molar-refractivity contribution in [3.8, 4) is 17.2 Å². The Morgan fingerprint density at radius 3 is 2.76 bits per heavy atom. The van der Waals surface area contributed by atoms with Gasteiger partial charge in [-0.05, 0) is 42.7 Å². The number of para-hydroxylation sites is 1. The van der Waals surface area contributed by atoms with Gasteiger partial charge in [-0.25, -0.2) is 4.98 Å². The predicted octanol–water partition coefficient (Wildman–Crippen LogP) is 3.79. The predicted molar refractivity (Wildman–Crippen MR) is 112 cm³/mol. The molecule has 0 amide bonds. The number of methoxy groups -OCH3 is 1. The van der Waals surface area contributed by atoms with Gasteiger partial charge in [0, 0.05) is 24.8 Å². The number of aryl methyl sites for hydroxylation is 1. The van der Waals surface area contributed by atoms with Gasteiger partial charge in [-0.3, -0.25) is 0 Å². The molecule has 0 saturated heterocycles. The number of benzene rings is 2. The van der Waals surface area contributed by atoms with Crippen LogP contribution in [0.3, 0.4) is 0 Å². The highest BCUT2D eigenvalue weighted by Gasteiger charge is 2.13. The highest BCUT2D eigenvalue weighted by Crippen LogP contribution is 2.32. The van der Waals surface area contributed by atoms with Crippen molar-refractivity contribution in [3.05, 3.63) is 65.4 Å². The van der Waals surface area contributed by atoms with E-state index in [1.807, 2.05) is 49.4 Å². The first-order chi connectivity index (χ1) is 14.2. The van der Waals surface area contributed by atoms with Crippen LogP contribution in [0.5, 0.6) is 17.2 Å². The van der Waals surface area contributed by atoms with Crippen molar-refractivity contribution < 1.29 is 14.2 Å². The second-order valence-corrected chi connectivity index (χ2v) is 6.75. The van der Waals surface area contributed by atoms with E-state index in [2.05, 4.69) is 26.7 Å². The van der Waals surface area contributed by atoms with Crippen LogP contribution in [-0.4, -0.2) is 30.4 Å². The molecule has 7 heteroatoms. The van der Waals surface area contributed by atoms with Gasteiger partial charge in [0.2, 0.25) is 12.7 Å². The van der Waals surface area contributed by atoms with Crippen molar-refractivity contribution in [2.45, 2.75) is 19.9 Å². The number of rotatable bonds is 8. The standard InChI is InChI=1S/C22H24N4O3/c1-15-11-21(23-10-9-17-5-3-4-6-18(17)27-2)26-22(25-15)24-13-16-7-8-19-20(12-16)29-14-28-19/h3-8,11-12H,9-10,13-14H2,1-2H3,(H2,23,24,25,26). The first-order valence-electron chi connectivity index (χ1n) is 9.55. The molecule has 0 radical (unpaired) electrons. The molecule has 0 spiro atoms. The largest absolute Gasteiger partial charge is 0.496 e. The third kappa shape index (κ3) is 4.68. The van der Waals surface area contributed by atoms with Crippen LogP contribution in [0.1, 0.15) is 16.8 Å². The number of nitrogens with one attached hydrogen (secondary N) is 2. The van der Waals surface area contributed by atoms with Crippen LogP contribution in [0.2, 0.25) is 0 Å². The van der Waals surface area contributed by atoms with Gasteiger partial charge in [0.15, 0.2) is 11.5 Å². The van der Waals surface area contributed by atoms with E-state index in [1.54, 1.807) is 7.11 Å². The summed E-state index contributed by atoms with van der Waals surface area (Å²) >= 11 is 0. The van der Waals surface area contributed by atoms with Gasteiger partial charge < -0.3 is 24.8 Å². The number of hydrogen-bond donors (Lipinski definition) is 2. The molecule has 0 aliphatic carbocycles. The average molecular weight is 392 g/mol. The maximum Gasteiger partial charge on any atom is 0.231 e. The molecule has 0 unspecified atom stereocenters. The lowest BCUT2D eigenvalue weighted by Gasteiger charge is -2.11. The van der Waals surface area contributed by atoms with E-state index in [-0.39, 0.29) is 6.79 Å². The highest BCUT2D eigenvalue weighted by molar-refractivity contribution is 5.46. The van der Waals surface area contributed by atoms with E-state index in [0.29, 0.717) is 12.5 Å². The lowest BCUT2D eigenvalue weighted by Crippen LogP contribution is -2.10. The summed E-state index contributed by atoms with van der Waals surface area (Å²) in [5, 5.41) is 6.66. The number of nitrogens with zero attached hydrogens (tertiary/aromatic N) is 2. The van der Waals surface area contributed by atoms with E-state index in [9.17, 15) is 0 Å². The second kappa shape index (κ2) is 8.68. The Balaban J connectivity index is 1.36. The van der Waals surface area contributed by atoms with E-state index in [0.717, 1.165) is 52.9 Å². The summed E-state index contributed by atoms with van der Waals surface area (Å²) in [6.45, 7) is 3.58. The Hall–Kier alpha value is -3.48. The summed E-state index contributed by atoms with van der Waals surface area (Å²) in [4.78, 5) is 9.05. The van der Waals surface area contributed by atoms with E-state index in [1.165, 1.54) is 0 Å². The number of hydrogen-bond acceptors (Lipinski definition) is 7. The summed E-state index contributed by atoms with van der Waals surface area (Å²) in [6, 6.07) is 15.9. The summed E-state index contributed by atoms with van der Waals surface area (Å²) < 4.78 is 16.2.